The highest BCUT2D eigenvalue weighted by molar-refractivity contribution is 7.23. The average molecular weight is 483 g/mol. The maximum atomic E-state index is 12.7. The molecule has 0 aliphatic carbocycles. The zero-order chi connectivity index (χ0) is 22.6. The van der Waals surface area contributed by atoms with Gasteiger partial charge in [0.15, 0.2) is 0 Å². The lowest BCUT2D eigenvalue weighted by Gasteiger charge is -2.13. The number of hydrogen-bond acceptors (Lipinski definition) is 8. The Kier molecular flexibility index (Phi) is 6.79. The summed E-state index contributed by atoms with van der Waals surface area (Å²) in [7, 11) is 1.67. The molecule has 0 unspecified atom stereocenters. The number of thiophene rings is 1. The number of aromatic nitrogens is 3. The zero-order valence-electron chi connectivity index (χ0n) is 18.4. The Labute approximate surface area is 199 Å². The third kappa shape index (κ3) is 4.85. The fraction of sp³-hybridized carbons (Fsp3) is 0.348. The van der Waals surface area contributed by atoms with Crippen LogP contribution in [0.5, 0.6) is 0 Å². The summed E-state index contributed by atoms with van der Waals surface area (Å²) in [5.41, 5.74) is 5.42. The van der Waals surface area contributed by atoms with E-state index in [9.17, 15) is 4.79 Å². The molecule has 0 atom stereocenters. The van der Waals surface area contributed by atoms with E-state index in [1.165, 1.54) is 10.4 Å². The van der Waals surface area contributed by atoms with E-state index in [1.54, 1.807) is 36.0 Å². The van der Waals surface area contributed by atoms with Gasteiger partial charge in [-0.1, -0.05) is 6.07 Å². The molecule has 4 aromatic rings. The molecule has 0 fully saturated rings. The number of methoxy groups -OCH3 is 1. The van der Waals surface area contributed by atoms with Crippen molar-refractivity contribution in [3.05, 3.63) is 40.9 Å². The number of H-pyrrole nitrogens is 1. The van der Waals surface area contributed by atoms with Gasteiger partial charge in [0.25, 0.3) is 0 Å². The summed E-state index contributed by atoms with van der Waals surface area (Å²) in [6.45, 7) is 3.75. The molecule has 0 radical (unpaired) electrons. The van der Waals surface area contributed by atoms with Gasteiger partial charge >= 0.3 is 0 Å². The first-order valence-corrected chi connectivity index (χ1v) is 12.6. The summed E-state index contributed by atoms with van der Waals surface area (Å²) in [6, 6.07) is 8.22. The van der Waals surface area contributed by atoms with Gasteiger partial charge in [0.05, 0.1) is 22.5 Å². The van der Waals surface area contributed by atoms with E-state index in [2.05, 4.69) is 44.3 Å². The maximum absolute atomic E-state index is 12.7. The molecule has 1 aliphatic heterocycles. The minimum Gasteiger partial charge on any atom is -0.383 e. The molecule has 0 spiro atoms. The molecular formula is C23H26N6O2S2. The molecular weight excluding hydrogens is 456 g/mol. The van der Waals surface area contributed by atoms with Crippen LogP contribution in [0, 0.1) is 0 Å². The molecule has 0 saturated heterocycles. The van der Waals surface area contributed by atoms with E-state index >= 15 is 0 Å². The van der Waals surface area contributed by atoms with Gasteiger partial charge in [0.1, 0.15) is 10.0 Å². The number of anilines is 1. The maximum Gasteiger partial charge on any atom is 0.226 e. The Morgan fingerprint density at radius 2 is 2.18 bits per heavy atom. The number of ether oxygens (including phenoxy) is 1. The minimum atomic E-state index is 0.00960. The second kappa shape index (κ2) is 10.1. The minimum absolute atomic E-state index is 0.00960. The van der Waals surface area contributed by atoms with Gasteiger partial charge in [-0.3, -0.25) is 9.89 Å². The van der Waals surface area contributed by atoms with E-state index in [0.717, 1.165) is 63.1 Å². The van der Waals surface area contributed by atoms with Crippen LogP contribution in [0.3, 0.4) is 0 Å². The van der Waals surface area contributed by atoms with Crippen LogP contribution in [0.15, 0.2) is 30.5 Å². The number of amides is 1. The largest absolute Gasteiger partial charge is 0.383 e. The summed E-state index contributed by atoms with van der Waals surface area (Å²) < 4.78 is 6.15. The number of thiazole rings is 1. The van der Waals surface area contributed by atoms with Crippen molar-refractivity contribution in [3.8, 4) is 21.8 Å². The third-order valence-electron chi connectivity index (χ3n) is 5.61. The van der Waals surface area contributed by atoms with E-state index < -0.39 is 0 Å². The number of nitrogens with zero attached hydrogens (tertiary/aromatic N) is 2. The van der Waals surface area contributed by atoms with Crippen molar-refractivity contribution < 1.29 is 9.53 Å². The fourth-order valence-electron chi connectivity index (χ4n) is 3.96. The van der Waals surface area contributed by atoms with Crippen molar-refractivity contribution in [2.75, 3.05) is 38.7 Å². The van der Waals surface area contributed by atoms with Crippen LogP contribution in [0.4, 0.5) is 5.00 Å². The summed E-state index contributed by atoms with van der Waals surface area (Å²) in [4.78, 5) is 18.9. The normalized spacial score (nSPS) is 13.4. The summed E-state index contributed by atoms with van der Waals surface area (Å²) in [5.74, 6) is 0.00960. The van der Waals surface area contributed by atoms with Crippen LogP contribution in [0.1, 0.15) is 16.9 Å². The van der Waals surface area contributed by atoms with Crippen molar-refractivity contribution in [2.45, 2.75) is 19.4 Å². The smallest absolute Gasteiger partial charge is 0.226 e. The zero-order valence-corrected chi connectivity index (χ0v) is 20.0. The second-order valence-electron chi connectivity index (χ2n) is 7.85. The molecule has 8 nitrogen and oxygen atoms in total. The molecule has 4 heterocycles. The Hall–Kier alpha value is -2.63. The number of carbonyl (C=O) groups excluding carboxylic acids is 1. The monoisotopic (exact) mass is 482 g/mol. The Morgan fingerprint density at radius 1 is 1.24 bits per heavy atom. The van der Waals surface area contributed by atoms with Crippen molar-refractivity contribution in [3.63, 3.8) is 0 Å². The first kappa shape index (κ1) is 22.2. The van der Waals surface area contributed by atoms with E-state index in [0.29, 0.717) is 19.6 Å². The highest BCUT2D eigenvalue weighted by atomic mass is 32.1. The molecule has 10 heteroatoms. The quantitative estimate of drug-likeness (QED) is 0.272. The van der Waals surface area contributed by atoms with Gasteiger partial charge < -0.3 is 20.7 Å². The fourth-order valence-corrected chi connectivity index (χ4v) is 6.34. The van der Waals surface area contributed by atoms with Crippen molar-refractivity contribution in [1.29, 1.82) is 0 Å². The molecule has 1 aliphatic rings. The number of carbonyl (C=O) groups is 1. The van der Waals surface area contributed by atoms with Crippen LogP contribution < -0.4 is 16.0 Å². The van der Waals surface area contributed by atoms with Gasteiger partial charge in [-0.25, -0.2) is 4.98 Å². The summed E-state index contributed by atoms with van der Waals surface area (Å²) >= 11 is 3.33. The molecule has 0 bridgehead atoms. The Bertz CT molecular complexity index is 1250. The van der Waals surface area contributed by atoms with Crippen LogP contribution in [-0.2, 0) is 22.5 Å². The number of rotatable bonds is 9. The number of hydrogen-bond donors (Lipinski definition) is 4. The summed E-state index contributed by atoms with van der Waals surface area (Å²) in [5, 5.41) is 18.8. The van der Waals surface area contributed by atoms with E-state index in [4.69, 9.17) is 9.72 Å². The first-order valence-electron chi connectivity index (χ1n) is 11.0. The van der Waals surface area contributed by atoms with Crippen LogP contribution in [-0.4, -0.2) is 54.4 Å². The lowest BCUT2D eigenvalue weighted by molar-refractivity contribution is -0.116. The lowest BCUT2D eigenvalue weighted by atomic mass is 10.0. The molecule has 3 aromatic heterocycles. The molecule has 1 aromatic carbocycles. The predicted octanol–water partition coefficient (Wildman–Crippen LogP) is 3.63. The van der Waals surface area contributed by atoms with Gasteiger partial charge in [-0.05, 0) is 36.7 Å². The topological polar surface area (TPSA) is 104 Å². The predicted molar refractivity (Wildman–Crippen MR) is 134 cm³/mol. The van der Waals surface area contributed by atoms with E-state index in [-0.39, 0.29) is 5.91 Å². The van der Waals surface area contributed by atoms with E-state index in [1.807, 2.05) is 6.07 Å². The van der Waals surface area contributed by atoms with Gasteiger partial charge in [0, 0.05) is 55.4 Å². The SMILES string of the molecule is COCCNCCC(=O)Nc1sc2c(c1-c1nc3ccc(-c4ccn[nH]4)cc3s1)CCNC2. The molecule has 4 N–H and O–H groups in total. The Balaban J connectivity index is 1.42. The van der Waals surface area contributed by atoms with Crippen LogP contribution in [0.25, 0.3) is 32.0 Å². The highest BCUT2D eigenvalue weighted by Crippen LogP contribution is 2.45. The summed E-state index contributed by atoms with van der Waals surface area (Å²) in [6.07, 6.45) is 3.10. The average Bonchev–Trinajstić information content (AvgIpc) is 3.56. The Morgan fingerprint density at radius 3 is 3.03 bits per heavy atom. The van der Waals surface area contributed by atoms with Crippen molar-refractivity contribution >= 4 is 43.8 Å². The number of benzene rings is 1. The van der Waals surface area contributed by atoms with Gasteiger partial charge in [-0.2, -0.15) is 5.10 Å². The van der Waals surface area contributed by atoms with Crippen molar-refractivity contribution in [2.24, 2.45) is 0 Å². The standard InChI is InChI=1S/C23H26N6O2S2/c1-31-11-10-24-8-6-20(30)28-23-21(15-4-7-25-13-19(15)33-23)22-27-17-3-2-14(12-18(17)32-22)16-5-9-26-29-16/h2-3,5,9,12,24-25H,4,6-8,10-11,13H2,1H3,(H,26,29)(H,28,30). The number of nitrogens with one attached hydrogen (secondary N) is 4. The molecule has 1 amide bonds. The van der Waals surface area contributed by atoms with Crippen LogP contribution >= 0.6 is 22.7 Å². The molecule has 0 saturated carbocycles. The third-order valence-corrected chi connectivity index (χ3v) is 7.79. The lowest BCUT2D eigenvalue weighted by Crippen LogP contribution is -2.24. The van der Waals surface area contributed by atoms with Gasteiger partial charge in [0.2, 0.25) is 5.91 Å². The second-order valence-corrected chi connectivity index (χ2v) is 9.98. The molecule has 5 rings (SSSR count). The molecule has 33 heavy (non-hydrogen) atoms. The first-order chi connectivity index (χ1) is 16.2. The number of aromatic amines is 1. The highest BCUT2D eigenvalue weighted by Gasteiger charge is 2.25. The molecule has 172 valence electrons. The number of fused-ring (bicyclic) bond motifs is 2. The van der Waals surface area contributed by atoms with Crippen molar-refractivity contribution in [1.82, 2.24) is 25.8 Å². The van der Waals surface area contributed by atoms with Gasteiger partial charge in [-0.15, -0.1) is 22.7 Å². The van der Waals surface area contributed by atoms with Crippen LogP contribution in [0.2, 0.25) is 0 Å².